The fourth-order valence-corrected chi connectivity index (χ4v) is 1.60. The molecule has 0 saturated heterocycles. The molecular weight excluding hydrogens is 198 g/mol. The van der Waals surface area contributed by atoms with E-state index in [0.717, 1.165) is 24.2 Å². The van der Waals surface area contributed by atoms with Gasteiger partial charge in [-0.25, -0.2) is 0 Å². The van der Waals surface area contributed by atoms with Gasteiger partial charge in [0.05, 0.1) is 5.54 Å². The molecule has 1 aliphatic rings. The summed E-state index contributed by atoms with van der Waals surface area (Å²) >= 11 is 5.90. The Hall–Kier alpha value is -0.730. The molecule has 14 heavy (non-hydrogen) atoms. The van der Waals surface area contributed by atoms with E-state index in [0.29, 0.717) is 11.6 Å². The van der Waals surface area contributed by atoms with E-state index in [1.54, 1.807) is 0 Å². The Morgan fingerprint density at radius 1 is 1.43 bits per heavy atom. The predicted octanol–water partition coefficient (Wildman–Crippen LogP) is 2.52. The minimum Gasteiger partial charge on any atom is -0.492 e. The van der Waals surface area contributed by atoms with Crippen molar-refractivity contribution < 1.29 is 4.74 Å². The topological polar surface area (TPSA) is 35.2 Å². The third-order valence-electron chi connectivity index (χ3n) is 2.43. The summed E-state index contributed by atoms with van der Waals surface area (Å²) in [6, 6.07) is 5.70. The van der Waals surface area contributed by atoms with Gasteiger partial charge in [0.25, 0.3) is 0 Å². The molecule has 0 atom stereocenters. The van der Waals surface area contributed by atoms with Crippen LogP contribution in [-0.4, -0.2) is 12.1 Å². The maximum absolute atomic E-state index is 5.91. The molecule has 2 rings (SSSR count). The smallest absolute Gasteiger partial charge is 0.121 e. The van der Waals surface area contributed by atoms with Crippen LogP contribution in [0.4, 0.5) is 0 Å². The van der Waals surface area contributed by atoms with Gasteiger partial charge in [-0.15, -0.1) is 0 Å². The van der Waals surface area contributed by atoms with E-state index in [1.165, 1.54) is 0 Å². The maximum atomic E-state index is 5.91. The van der Waals surface area contributed by atoms with Gasteiger partial charge in [0.2, 0.25) is 0 Å². The highest BCUT2D eigenvalue weighted by Gasteiger charge is 2.39. The summed E-state index contributed by atoms with van der Waals surface area (Å²) in [5.74, 6) is 0.812. The van der Waals surface area contributed by atoms with Crippen LogP contribution in [-0.2, 0) is 0 Å². The molecule has 0 spiro atoms. The molecule has 0 amide bonds. The number of benzene rings is 1. The SMILES string of the molecule is Cc1cc(Cl)cc(OCC2(N)CC2)c1. The number of rotatable bonds is 3. The zero-order chi connectivity index (χ0) is 10.2. The van der Waals surface area contributed by atoms with Crippen LogP contribution in [0.2, 0.25) is 5.02 Å². The number of hydrogen-bond donors (Lipinski definition) is 1. The molecule has 0 aromatic heterocycles. The lowest BCUT2D eigenvalue weighted by atomic mass is 10.2. The summed E-state index contributed by atoms with van der Waals surface area (Å²) in [5.41, 5.74) is 6.95. The first kappa shape index (κ1) is 9.81. The molecular formula is C11H14ClNO. The van der Waals surface area contributed by atoms with Gasteiger partial charge in [-0.3, -0.25) is 0 Å². The van der Waals surface area contributed by atoms with Crippen LogP contribution in [0.3, 0.4) is 0 Å². The lowest BCUT2D eigenvalue weighted by Gasteiger charge is -2.11. The second-order valence-electron chi connectivity index (χ2n) is 4.12. The average molecular weight is 212 g/mol. The fraction of sp³-hybridized carbons (Fsp3) is 0.455. The number of halogens is 1. The lowest BCUT2D eigenvalue weighted by molar-refractivity contribution is 0.279. The fourth-order valence-electron chi connectivity index (χ4n) is 1.32. The van der Waals surface area contributed by atoms with Crippen LogP contribution < -0.4 is 10.5 Å². The normalized spacial score (nSPS) is 17.9. The molecule has 2 N–H and O–H groups in total. The predicted molar refractivity (Wildman–Crippen MR) is 57.8 cm³/mol. The third kappa shape index (κ3) is 2.40. The minimum absolute atomic E-state index is 0.0732. The Morgan fingerprint density at radius 2 is 2.14 bits per heavy atom. The molecule has 1 fully saturated rings. The van der Waals surface area contributed by atoms with E-state index < -0.39 is 0 Å². The second-order valence-corrected chi connectivity index (χ2v) is 4.55. The Balaban J connectivity index is 2.01. The number of hydrogen-bond acceptors (Lipinski definition) is 2. The molecule has 2 nitrogen and oxygen atoms in total. The van der Waals surface area contributed by atoms with Crippen molar-refractivity contribution in [1.29, 1.82) is 0 Å². The average Bonchev–Trinajstić information content (AvgIpc) is 2.80. The zero-order valence-corrected chi connectivity index (χ0v) is 8.97. The van der Waals surface area contributed by atoms with Crippen molar-refractivity contribution in [2.24, 2.45) is 5.73 Å². The molecule has 1 aromatic carbocycles. The van der Waals surface area contributed by atoms with E-state index in [2.05, 4.69) is 0 Å². The van der Waals surface area contributed by atoms with Crippen molar-refractivity contribution >= 4 is 11.6 Å². The van der Waals surface area contributed by atoms with Crippen molar-refractivity contribution in [2.45, 2.75) is 25.3 Å². The van der Waals surface area contributed by atoms with Crippen LogP contribution in [0.25, 0.3) is 0 Å². The molecule has 3 heteroatoms. The molecule has 1 aromatic rings. The molecule has 0 aliphatic heterocycles. The molecule has 0 bridgehead atoms. The van der Waals surface area contributed by atoms with E-state index in [-0.39, 0.29) is 5.54 Å². The van der Waals surface area contributed by atoms with Crippen LogP contribution >= 0.6 is 11.6 Å². The van der Waals surface area contributed by atoms with Crippen LogP contribution in [0.15, 0.2) is 18.2 Å². The first-order valence-corrected chi connectivity index (χ1v) is 5.14. The number of nitrogens with two attached hydrogens (primary N) is 1. The van der Waals surface area contributed by atoms with E-state index >= 15 is 0 Å². The molecule has 0 unspecified atom stereocenters. The van der Waals surface area contributed by atoms with E-state index in [9.17, 15) is 0 Å². The van der Waals surface area contributed by atoms with Crippen molar-refractivity contribution in [3.63, 3.8) is 0 Å². The standard InChI is InChI=1S/C11H14ClNO/c1-8-4-9(12)6-10(5-8)14-7-11(13)2-3-11/h4-6H,2-3,7,13H2,1H3. The highest BCUT2D eigenvalue weighted by Crippen LogP contribution is 2.33. The quantitative estimate of drug-likeness (QED) is 0.834. The number of aryl methyl sites for hydroxylation is 1. The molecule has 76 valence electrons. The molecule has 0 heterocycles. The van der Waals surface area contributed by atoms with Gasteiger partial charge >= 0.3 is 0 Å². The Morgan fingerprint density at radius 3 is 2.71 bits per heavy atom. The van der Waals surface area contributed by atoms with Crippen molar-refractivity contribution in [3.05, 3.63) is 28.8 Å². The monoisotopic (exact) mass is 211 g/mol. The Labute approximate surface area is 89.0 Å². The maximum Gasteiger partial charge on any atom is 0.121 e. The van der Waals surface area contributed by atoms with Gasteiger partial charge in [0.15, 0.2) is 0 Å². The van der Waals surface area contributed by atoms with Gasteiger partial charge in [0, 0.05) is 5.02 Å². The Kier molecular flexibility index (Phi) is 2.41. The van der Waals surface area contributed by atoms with Crippen LogP contribution in [0, 0.1) is 6.92 Å². The Bertz CT molecular complexity index is 327. The van der Waals surface area contributed by atoms with Crippen LogP contribution in [0.5, 0.6) is 5.75 Å². The van der Waals surface area contributed by atoms with Crippen molar-refractivity contribution in [2.75, 3.05) is 6.61 Å². The first-order chi connectivity index (χ1) is 6.57. The van der Waals surface area contributed by atoms with Gasteiger partial charge in [-0.05, 0) is 43.5 Å². The summed E-state index contributed by atoms with van der Waals surface area (Å²) in [5, 5.41) is 0.710. The summed E-state index contributed by atoms with van der Waals surface area (Å²) in [4.78, 5) is 0. The van der Waals surface area contributed by atoms with Gasteiger partial charge in [-0.1, -0.05) is 11.6 Å². The molecule has 0 radical (unpaired) electrons. The summed E-state index contributed by atoms with van der Waals surface area (Å²) < 4.78 is 5.59. The summed E-state index contributed by atoms with van der Waals surface area (Å²) in [6.07, 6.45) is 2.12. The van der Waals surface area contributed by atoms with E-state index in [4.69, 9.17) is 22.1 Å². The van der Waals surface area contributed by atoms with Gasteiger partial charge in [0.1, 0.15) is 12.4 Å². The highest BCUT2D eigenvalue weighted by molar-refractivity contribution is 6.30. The first-order valence-electron chi connectivity index (χ1n) is 4.76. The molecule has 1 saturated carbocycles. The minimum atomic E-state index is -0.0732. The van der Waals surface area contributed by atoms with Gasteiger partial charge in [-0.2, -0.15) is 0 Å². The van der Waals surface area contributed by atoms with Gasteiger partial charge < -0.3 is 10.5 Å². The largest absolute Gasteiger partial charge is 0.492 e. The highest BCUT2D eigenvalue weighted by atomic mass is 35.5. The summed E-state index contributed by atoms with van der Waals surface area (Å²) in [7, 11) is 0. The van der Waals surface area contributed by atoms with Crippen molar-refractivity contribution in [1.82, 2.24) is 0 Å². The zero-order valence-electron chi connectivity index (χ0n) is 8.22. The lowest BCUT2D eigenvalue weighted by Crippen LogP contribution is -2.29. The molecule has 1 aliphatic carbocycles. The second kappa shape index (κ2) is 3.44. The van der Waals surface area contributed by atoms with Crippen molar-refractivity contribution in [3.8, 4) is 5.75 Å². The van der Waals surface area contributed by atoms with E-state index in [1.807, 2.05) is 25.1 Å². The van der Waals surface area contributed by atoms with Crippen LogP contribution in [0.1, 0.15) is 18.4 Å². The third-order valence-corrected chi connectivity index (χ3v) is 2.65. The number of ether oxygens (including phenoxy) is 1. The summed E-state index contributed by atoms with van der Waals surface area (Å²) in [6.45, 7) is 2.58.